The van der Waals surface area contributed by atoms with Gasteiger partial charge in [0.1, 0.15) is 11.4 Å². The Labute approximate surface area is 140 Å². The molecule has 2 heterocycles. The number of hydrogen-bond donors (Lipinski definition) is 1. The van der Waals surface area contributed by atoms with E-state index in [1.807, 2.05) is 33.0 Å². The van der Waals surface area contributed by atoms with Gasteiger partial charge in [-0.15, -0.1) is 0 Å². The highest BCUT2D eigenvalue weighted by Gasteiger charge is 2.17. The first-order valence-corrected chi connectivity index (χ1v) is 7.97. The van der Waals surface area contributed by atoms with Crippen LogP contribution in [0.2, 0.25) is 5.02 Å². The Balaban J connectivity index is 0.000000188. The first kappa shape index (κ1) is 17.6. The maximum atomic E-state index is 13.4. The molecule has 126 valence electrons. The van der Waals surface area contributed by atoms with Gasteiger partial charge in [-0.1, -0.05) is 11.6 Å². The summed E-state index contributed by atoms with van der Waals surface area (Å²) in [5, 5.41) is 3.46. The fourth-order valence-electron chi connectivity index (χ4n) is 2.57. The summed E-state index contributed by atoms with van der Waals surface area (Å²) in [4.78, 5) is 10.5. The second-order valence-electron chi connectivity index (χ2n) is 6.46. The van der Waals surface area contributed by atoms with Gasteiger partial charge in [0.15, 0.2) is 0 Å². The molecule has 0 atom stereocenters. The van der Waals surface area contributed by atoms with E-state index in [9.17, 15) is 9.18 Å². The largest absolute Gasteiger partial charge is 0.444 e. The molecule has 1 aromatic heterocycles. The van der Waals surface area contributed by atoms with Crippen LogP contribution in [0, 0.1) is 5.82 Å². The SMILES string of the molecule is CNC(=O)OC(C)(C)C.Fc1cc2c3c(ccn3CCC2)c1Cl. The summed E-state index contributed by atoms with van der Waals surface area (Å²) in [6.07, 6.45) is 3.63. The van der Waals surface area contributed by atoms with Crippen molar-refractivity contribution in [1.29, 1.82) is 0 Å². The van der Waals surface area contributed by atoms with E-state index in [1.165, 1.54) is 7.05 Å². The number of carbonyl (C=O) groups excluding carboxylic acids is 1. The summed E-state index contributed by atoms with van der Waals surface area (Å²) in [5.74, 6) is -0.297. The van der Waals surface area contributed by atoms with E-state index >= 15 is 0 Å². The van der Waals surface area contributed by atoms with Crippen LogP contribution in [0.15, 0.2) is 18.3 Å². The van der Waals surface area contributed by atoms with Gasteiger partial charge in [0.2, 0.25) is 0 Å². The van der Waals surface area contributed by atoms with E-state index in [0.717, 1.165) is 35.9 Å². The topological polar surface area (TPSA) is 43.3 Å². The highest BCUT2D eigenvalue weighted by atomic mass is 35.5. The second kappa shape index (κ2) is 6.79. The molecule has 0 saturated heterocycles. The zero-order valence-electron chi connectivity index (χ0n) is 13.9. The molecule has 6 heteroatoms. The van der Waals surface area contributed by atoms with Crippen LogP contribution < -0.4 is 5.32 Å². The molecule has 1 aliphatic rings. The number of alkyl carbamates (subject to hydrolysis) is 1. The van der Waals surface area contributed by atoms with Crippen LogP contribution in [0.4, 0.5) is 9.18 Å². The lowest BCUT2D eigenvalue weighted by atomic mass is 10.0. The number of halogens is 2. The van der Waals surface area contributed by atoms with E-state index in [0.29, 0.717) is 0 Å². The van der Waals surface area contributed by atoms with Gasteiger partial charge in [-0.3, -0.25) is 0 Å². The predicted octanol–water partition coefficient (Wildman–Crippen LogP) is 4.52. The van der Waals surface area contributed by atoms with Crippen molar-refractivity contribution >= 4 is 28.6 Å². The molecule has 2 aromatic rings. The first-order valence-electron chi connectivity index (χ1n) is 7.59. The molecule has 0 saturated carbocycles. The molecule has 0 spiro atoms. The number of amides is 1. The fraction of sp³-hybridized carbons (Fsp3) is 0.471. The number of benzene rings is 1. The number of hydrogen-bond acceptors (Lipinski definition) is 2. The van der Waals surface area contributed by atoms with Gasteiger partial charge in [-0.25, -0.2) is 9.18 Å². The third-order valence-electron chi connectivity index (χ3n) is 3.46. The monoisotopic (exact) mass is 340 g/mol. The van der Waals surface area contributed by atoms with Crippen molar-refractivity contribution < 1.29 is 13.9 Å². The molecular formula is C17H22ClFN2O2. The number of aromatic nitrogens is 1. The summed E-state index contributed by atoms with van der Waals surface area (Å²) >= 11 is 5.90. The number of ether oxygens (including phenoxy) is 1. The van der Waals surface area contributed by atoms with Gasteiger partial charge in [-0.05, 0) is 51.3 Å². The maximum absolute atomic E-state index is 13.4. The molecule has 23 heavy (non-hydrogen) atoms. The standard InChI is InChI=1S/C11H9ClFN.C6H13NO2/c12-10-8-3-5-14-4-1-2-7(11(8)14)6-9(10)13;1-6(2,3)9-5(8)7-4/h3,5-6H,1-2,4H2;1-4H3,(H,7,8). The van der Waals surface area contributed by atoms with Crippen LogP contribution in [0.25, 0.3) is 10.9 Å². The average Bonchev–Trinajstić information content (AvgIpc) is 2.89. The Morgan fingerprint density at radius 3 is 2.70 bits per heavy atom. The molecule has 0 unspecified atom stereocenters. The Hall–Kier alpha value is -1.75. The summed E-state index contributed by atoms with van der Waals surface area (Å²) in [6, 6.07) is 3.47. The molecule has 0 bridgehead atoms. The Morgan fingerprint density at radius 2 is 2.13 bits per heavy atom. The summed E-state index contributed by atoms with van der Waals surface area (Å²) in [5.41, 5.74) is 1.81. The number of aryl methyl sites for hydroxylation is 2. The average molecular weight is 341 g/mol. The smallest absolute Gasteiger partial charge is 0.407 e. The number of carbonyl (C=O) groups is 1. The van der Waals surface area contributed by atoms with E-state index in [2.05, 4.69) is 9.88 Å². The van der Waals surface area contributed by atoms with Crippen molar-refractivity contribution in [3.8, 4) is 0 Å². The highest BCUT2D eigenvalue weighted by Crippen LogP contribution is 2.33. The van der Waals surface area contributed by atoms with Crippen LogP contribution in [0.3, 0.4) is 0 Å². The molecule has 1 N–H and O–H groups in total. The highest BCUT2D eigenvalue weighted by molar-refractivity contribution is 6.35. The molecule has 0 aliphatic carbocycles. The van der Waals surface area contributed by atoms with Crippen LogP contribution >= 0.6 is 11.6 Å². The summed E-state index contributed by atoms with van der Waals surface area (Å²) in [7, 11) is 1.54. The van der Waals surface area contributed by atoms with Gasteiger partial charge in [0, 0.05) is 25.2 Å². The van der Waals surface area contributed by atoms with Crippen LogP contribution in [-0.2, 0) is 17.7 Å². The van der Waals surface area contributed by atoms with Crippen LogP contribution in [0.1, 0.15) is 32.8 Å². The molecule has 4 nitrogen and oxygen atoms in total. The normalized spacial score (nSPS) is 13.3. The van der Waals surface area contributed by atoms with E-state index in [4.69, 9.17) is 16.3 Å². The molecule has 0 radical (unpaired) electrons. The Morgan fingerprint density at radius 1 is 1.43 bits per heavy atom. The minimum absolute atomic E-state index is 0.254. The summed E-state index contributed by atoms with van der Waals surface area (Å²) in [6.45, 7) is 6.48. The van der Waals surface area contributed by atoms with Crippen molar-refractivity contribution in [2.45, 2.75) is 45.8 Å². The van der Waals surface area contributed by atoms with Gasteiger partial charge in [0.05, 0.1) is 10.5 Å². The lowest BCUT2D eigenvalue weighted by Crippen LogP contribution is -2.30. The zero-order chi connectivity index (χ0) is 17.2. The summed E-state index contributed by atoms with van der Waals surface area (Å²) < 4.78 is 20.4. The Kier molecular flexibility index (Phi) is 5.19. The van der Waals surface area contributed by atoms with Gasteiger partial charge < -0.3 is 14.6 Å². The van der Waals surface area contributed by atoms with Crippen molar-refractivity contribution in [3.05, 3.63) is 34.7 Å². The zero-order valence-corrected chi connectivity index (χ0v) is 14.6. The van der Waals surface area contributed by atoms with Crippen LogP contribution in [-0.4, -0.2) is 23.3 Å². The third kappa shape index (κ3) is 4.16. The molecule has 1 amide bonds. The van der Waals surface area contributed by atoms with Crippen molar-refractivity contribution in [1.82, 2.24) is 9.88 Å². The van der Waals surface area contributed by atoms with Gasteiger partial charge in [0.25, 0.3) is 0 Å². The Bertz CT molecular complexity index is 719. The number of rotatable bonds is 0. The number of nitrogens with zero attached hydrogens (tertiary/aromatic N) is 1. The molecule has 1 aliphatic heterocycles. The molecule has 0 fully saturated rings. The van der Waals surface area contributed by atoms with Crippen molar-refractivity contribution in [2.75, 3.05) is 7.05 Å². The van der Waals surface area contributed by atoms with E-state index in [1.54, 1.807) is 6.07 Å². The molecular weight excluding hydrogens is 319 g/mol. The predicted molar refractivity (Wildman–Crippen MR) is 90.5 cm³/mol. The van der Waals surface area contributed by atoms with Crippen LogP contribution in [0.5, 0.6) is 0 Å². The molecule has 1 aromatic carbocycles. The third-order valence-corrected chi connectivity index (χ3v) is 3.85. The lowest BCUT2D eigenvalue weighted by molar-refractivity contribution is 0.0541. The van der Waals surface area contributed by atoms with Gasteiger partial charge in [-0.2, -0.15) is 0 Å². The molecule has 3 rings (SSSR count). The van der Waals surface area contributed by atoms with Gasteiger partial charge >= 0.3 is 6.09 Å². The van der Waals surface area contributed by atoms with Crippen molar-refractivity contribution in [2.24, 2.45) is 0 Å². The minimum Gasteiger partial charge on any atom is -0.444 e. The maximum Gasteiger partial charge on any atom is 0.407 e. The first-order chi connectivity index (χ1) is 10.7. The van der Waals surface area contributed by atoms with E-state index in [-0.39, 0.29) is 22.5 Å². The second-order valence-corrected chi connectivity index (χ2v) is 6.84. The van der Waals surface area contributed by atoms with Crippen molar-refractivity contribution in [3.63, 3.8) is 0 Å². The quantitative estimate of drug-likeness (QED) is 0.766. The fourth-order valence-corrected chi connectivity index (χ4v) is 2.77. The van der Waals surface area contributed by atoms with E-state index < -0.39 is 0 Å². The lowest BCUT2D eigenvalue weighted by Gasteiger charge is -2.18. The number of nitrogens with one attached hydrogen (secondary N) is 1. The minimum atomic E-state index is -0.389.